The molecule has 0 saturated heterocycles. The van der Waals surface area contributed by atoms with Gasteiger partial charge in [-0.3, -0.25) is 5.43 Å². The van der Waals surface area contributed by atoms with E-state index in [1.807, 2.05) is 54.6 Å². The highest BCUT2D eigenvalue weighted by Gasteiger charge is 2.00. The second-order valence-corrected chi connectivity index (χ2v) is 3.68. The third-order valence-electron chi connectivity index (χ3n) is 2.47. The number of methoxy groups -OCH3 is 1. The molecular formula is C14H15N3O. The molecule has 0 unspecified atom stereocenters. The minimum atomic E-state index is 0.432. The van der Waals surface area contributed by atoms with E-state index in [9.17, 15) is 0 Å². The quantitative estimate of drug-likeness (QED) is 0.491. The molecule has 0 aliphatic carbocycles. The summed E-state index contributed by atoms with van der Waals surface area (Å²) in [4.78, 5) is 0. The average Bonchev–Trinajstić information content (AvgIpc) is 2.46. The normalized spacial score (nSPS) is 11.1. The summed E-state index contributed by atoms with van der Waals surface area (Å²) in [6, 6.07) is 17.1. The maximum atomic E-state index is 5.88. The van der Waals surface area contributed by atoms with Crippen LogP contribution in [-0.2, 0) is 0 Å². The van der Waals surface area contributed by atoms with Crippen LogP contribution in [0.1, 0.15) is 5.56 Å². The predicted octanol–water partition coefficient (Wildman–Crippen LogP) is 2.43. The summed E-state index contributed by atoms with van der Waals surface area (Å²) in [5.74, 6) is 1.16. The summed E-state index contributed by atoms with van der Waals surface area (Å²) in [7, 11) is 1.62. The van der Waals surface area contributed by atoms with Crippen LogP contribution < -0.4 is 15.9 Å². The topological polar surface area (TPSA) is 59.6 Å². The van der Waals surface area contributed by atoms with Gasteiger partial charge in [-0.25, -0.2) is 0 Å². The fraction of sp³-hybridized carbons (Fsp3) is 0.0714. The van der Waals surface area contributed by atoms with Crippen molar-refractivity contribution in [2.75, 3.05) is 12.5 Å². The first-order valence-corrected chi connectivity index (χ1v) is 5.59. The summed E-state index contributed by atoms with van der Waals surface area (Å²) in [6.45, 7) is 0. The van der Waals surface area contributed by atoms with E-state index in [1.54, 1.807) is 7.11 Å². The molecule has 4 heteroatoms. The average molecular weight is 241 g/mol. The van der Waals surface area contributed by atoms with Crippen molar-refractivity contribution in [1.82, 2.24) is 0 Å². The Morgan fingerprint density at radius 1 is 1.06 bits per heavy atom. The molecular weight excluding hydrogens is 226 g/mol. The van der Waals surface area contributed by atoms with Crippen molar-refractivity contribution >= 4 is 11.5 Å². The lowest BCUT2D eigenvalue weighted by Gasteiger charge is -2.07. The zero-order valence-electron chi connectivity index (χ0n) is 10.1. The standard InChI is InChI=1S/C14H15N3O/c1-18-13-10-6-5-9-12(13)16-17-14(15)11-7-3-2-4-8-11/h2-10,16H,1H3,(H2,15,17). The Kier molecular flexibility index (Phi) is 3.81. The number of rotatable bonds is 4. The van der Waals surface area contributed by atoms with Crippen molar-refractivity contribution in [3.63, 3.8) is 0 Å². The van der Waals surface area contributed by atoms with Gasteiger partial charge in [0.2, 0.25) is 0 Å². The minimum Gasteiger partial charge on any atom is -0.495 e. The Bertz CT molecular complexity index is 538. The van der Waals surface area contributed by atoms with E-state index < -0.39 is 0 Å². The van der Waals surface area contributed by atoms with E-state index >= 15 is 0 Å². The predicted molar refractivity (Wildman–Crippen MR) is 73.8 cm³/mol. The lowest BCUT2D eigenvalue weighted by molar-refractivity contribution is 0.416. The maximum Gasteiger partial charge on any atom is 0.150 e. The number of hydrogen-bond donors (Lipinski definition) is 2. The largest absolute Gasteiger partial charge is 0.495 e. The van der Waals surface area contributed by atoms with Gasteiger partial charge in [-0.1, -0.05) is 42.5 Å². The molecule has 0 aliphatic rings. The monoisotopic (exact) mass is 241 g/mol. The minimum absolute atomic E-state index is 0.432. The van der Waals surface area contributed by atoms with Crippen LogP contribution >= 0.6 is 0 Å². The van der Waals surface area contributed by atoms with Crippen molar-refractivity contribution in [1.29, 1.82) is 0 Å². The van der Waals surface area contributed by atoms with Gasteiger partial charge in [0.15, 0.2) is 5.84 Å². The Morgan fingerprint density at radius 3 is 2.44 bits per heavy atom. The van der Waals surface area contributed by atoms with Gasteiger partial charge in [0.25, 0.3) is 0 Å². The molecule has 0 fully saturated rings. The molecule has 2 aromatic carbocycles. The molecule has 3 N–H and O–H groups in total. The summed E-state index contributed by atoms with van der Waals surface area (Å²) in [5.41, 5.74) is 10.4. The Balaban J connectivity index is 2.15. The van der Waals surface area contributed by atoms with E-state index in [-0.39, 0.29) is 0 Å². The molecule has 2 aromatic rings. The number of nitrogens with zero attached hydrogens (tertiary/aromatic N) is 1. The molecule has 92 valence electrons. The number of amidine groups is 1. The van der Waals surface area contributed by atoms with Gasteiger partial charge in [0, 0.05) is 5.56 Å². The van der Waals surface area contributed by atoms with Crippen LogP contribution in [0.3, 0.4) is 0 Å². The van der Waals surface area contributed by atoms with Crippen molar-refractivity contribution in [2.24, 2.45) is 10.8 Å². The third kappa shape index (κ3) is 2.79. The molecule has 4 nitrogen and oxygen atoms in total. The SMILES string of the molecule is COc1ccccc1N/N=C(\N)c1ccccc1. The van der Waals surface area contributed by atoms with Crippen molar-refractivity contribution in [3.05, 3.63) is 60.2 Å². The summed E-state index contributed by atoms with van der Waals surface area (Å²) < 4.78 is 5.21. The van der Waals surface area contributed by atoms with Gasteiger partial charge in [-0.2, -0.15) is 5.10 Å². The fourth-order valence-electron chi connectivity index (χ4n) is 1.53. The number of nitrogens with one attached hydrogen (secondary N) is 1. The number of anilines is 1. The Morgan fingerprint density at radius 2 is 1.72 bits per heavy atom. The highest BCUT2D eigenvalue weighted by atomic mass is 16.5. The van der Waals surface area contributed by atoms with Gasteiger partial charge in [-0.05, 0) is 12.1 Å². The molecule has 18 heavy (non-hydrogen) atoms. The van der Waals surface area contributed by atoms with Crippen LogP contribution in [0.4, 0.5) is 5.69 Å². The number of para-hydroxylation sites is 2. The third-order valence-corrected chi connectivity index (χ3v) is 2.47. The molecule has 0 atom stereocenters. The van der Waals surface area contributed by atoms with E-state index in [0.29, 0.717) is 5.84 Å². The molecule has 2 rings (SSSR count). The van der Waals surface area contributed by atoms with Crippen molar-refractivity contribution in [2.45, 2.75) is 0 Å². The number of hydrazone groups is 1. The molecule has 0 radical (unpaired) electrons. The molecule has 0 aromatic heterocycles. The Labute approximate surface area is 106 Å². The van der Waals surface area contributed by atoms with Crippen LogP contribution in [-0.4, -0.2) is 12.9 Å². The number of nitrogens with two attached hydrogens (primary N) is 1. The lowest BCUT2D eigenvalue weighted by atomic mass is 10.2. The smallest absolute Gasteiger partial charge is 0.150 e. The van der Waals surface area contributed by atoms with Crippen molar-refractivity contribution < 1.29 is 4.74 Å². The highest BCUT2D eigenvalue weighted by Crippen LogP contribution is 2.22. The molecule has 0 bridgehead atoms. The molecule has 0 saturated carbocycles. The van der Waals surface area contributed by atoms with E-state index in [4.69, 9.17) is 10.5 Å². The molecule has 0 spiro atoms. The summed E-state index contributed by atoms with van der Waals surface area (Å²) in [6.07, 6.45) is 0. The first-order chi connectivity index (χ1) is 8.81. The zero-order valence-corrected chi connectivity index (χ0v) is 10.1. The molecule has 0 amide bonds. The van der Waals surface area contributed by atoms with Crippen LogP contribution in [0.25, 0.3) is 0 Å². The van der Waals surface area contributed by atoms with E-state index in [1.165, 1.54) is 0 Å². The highest BCUT2D eigenvalue weighted by molar-refractivity contribution is 5.97. The fourth-order valence-corrected chi connectivity index (χ4v) is 1.53. The zero-order chi connectivity index (χ0) is 12.8. The van der Waals surface area contributed by atoms with Crippen LogP contribution in [0.15, 0.2) is 59.7 Å². The van der Waals surface area contributed by atoms with E-state index in [2.05, 4.69) is 10.5 Å². The maximum absolute atomic E-state index is 5.88. The van der Waals surface area contributed by atoms with E-state index in [0.717, 1.165) is 17.0 Å². The molecule has 0 aliphatic heterocycles. The van der Waals surface area contributed by atoms with Crippen LogP contribution in [0, 0.1) is 0 Å². The second-order valence-electron chi connectivity index (χ2n) is 3.68. The van der Waals surface area contributed by atoms with Crippen molar-refractivity contribution in [3.8, 4) is 5.75 Å². The number of ether oxygens (including phenoxy) is 1. The van der Waals surface area contributed by atoms with Gasteiger partial charge in [-0.15, -0.1) is 0 Å². The van der Waals surface area contributed by atoms with Gasteiger partial charge in [0.1, 0.15) is 5.75 Å². The first-order valence-electron chi connectivity index (χ1n) is 5.59. The summed E-state index contributed by atoms with van der Waals surface area (Å²) in [5, 5.41) is 4.14. The van der Waals surface area contributed by atoms with Gasteiger partial charge < -0.3 is 10.5 Å². The Hall–Kier alpha value is -2.49. The first kappa shape index (κ1) is 12.0. The number of hydrogen-bond acceptors (Lipinski definition) is 3. The summed E-state index contributed by atoms with van der Waals surface area (Å²) >= 11 is 0. The second kappa shape index (κ2) is 5.72. The van der Waals surface area contributed by atoms with Gasteiger partial charge in [0.05, 0.1) is 12.8 Å². The number of benzene rings is 2. The molecule has 0 heterocycles. The van der Waals surface area contributed by atoms with Crippen LogP contribution in [0.5, 0.6) is 5.75 Å². The van der Waals surface area contributed by atoms with Crippen LogP contribution in [0.2, 0.25) is 0 Å². The van der Waals surface area contributed by atoms with Gasteiger partial charge >= 0.3 is 0 Å². The lowest BCUT2D eigenvalue weighted by Crippen LogP contribution is -2.15.